The Labute approximate surface area is 175 Å². The van der Waals surface area contributed by atoms with Crippen LogP contribution in [0.4, 0.5) is 0 Å². The van der Waals surface area contributed by atoms with Gasteiger partial charge in [0.2, 0.25) is 0 Å². The summed E-state index contributed by atoms with van der Waals surface area (Å²) < 4.78 is 17.2. The molecule has 1 aliphatic rings. The highest BCUT2D eigenvalue weighted by Crippen LogP contribution is 2.47. The molecule has 0 saturated carbocycles. The second-order valence-electron chi connectivity index (χ2n) is 7.01. The number of allylic oxidation sites excluding steroid dienone is 2. The molecule has 0 amide bonds. The Hall–Kier alpha value is -2.53. The van der Waals surface area contributed by atoms with Crippen LogP contribution in [0.1, 0.15) is 56.2 Å². The standard InChI is InChI=1S/C23H25ClO5/c1-6-14-20(26)19-16(25)12-18(13-9-10-17(27-4)15(24)11-13)29-22(19)23(7-2,8-3)21(14)28-5/h9-12H,6-8H2,1-5H3. The summed E-state index contributed by atoms with van der Waals surface area (Å²) in [7, 11) is 3.10. The van der Waals surface area contributed by atoms with Crippen LogP contribution >= 0.6 is 11.6 Å². The van der Waals surface area contributed by atoms with Crippen LogP contribution in [0.2, 0.25) is 5.02 Å². The third kappa shape index (κ3) is 3.18. The molecular formula is C23H25ClO5. The molecule has 0 radical (unpaired) electrons. The summed E-state index contributed by atoms with van der Waals surface area (Å²) in [6.07, 6.45) is 1.75. The lowest BCUT2D eigenvalue weighted by atomic mass is 9.69. The van der Waals surface area contributed by atoms with Crippen LogP contribution in [-0.4, -0.2) is 20.0 Å². The average molecular weight is 417 g/mol. The Morgan fingerprint density at radius 2 is 1.72 bits per heavy atom. The Morgan fingerprint density at radius 3 is 2.24 bits per heavy atom. The van der Waals surface area contributed by atoms with Crippen molar-refractivity contribution in [2.45, 2.75) is 45.4 Å². The van der Waals surface area contributed by atoms with E-state index < -0.39 is 5.41 Å². The zero-order valence-corrected chi connectivity index (χ0v) is 18.1. The molecule has 1 aromatic heterocycles. The molecule has 0 fully saturated rings. The van der Waals surface area contributed by atoms with E-state index in [1.807, 2.05) is 20.8 Å². The summed E-state index contributed by atoms with van der Waals surface area (Å²) in [6, 6.07) is 6.52. The molecule has 0 unspecified atom stereocenters. The fraction of sp³-hybridized carbons (Fsp3) is 0.391. The lowest BCUT2D eigenvalue weighted by Crippen LogP contribution is -2.39. The summed E-state index contributed by atoms with van der Waals surface area (Å²) in [5.74, 6) is 1.53. The second kappa shape index (κ2) is 8.07. The highest BCUT2D eigenvalue weighted by atomic mass is 35.5. The van der Waals surface area contributed by atoms with Crippen molar-refractivity contribution < 1.29 is 18.7 Å². The minimum absolute atomic E-state index is 0.106. The van der Waals surface area contributed by atoms with Gasteiger partial charge in [0.1, 0.15) is 28.6 Å². The molecule has 29 heavy (non-hydrogen) atoms. The smallest absolute Gasteiger partial charge is 0.199 e. The number of methoxy groups -OCH3 is 2. The van der Waals surface area contributed by atoms with Crippen LogP contribution in [0.15, 0.2) is 44.8 Å². The summed E-state index contributed by atoms with van der Waals surface area (Å²) in [5, 5.41) is 0.407. The van der Waals surface area contributed by atoms with Gasteiger partial charge in [-0.1, -0.05) is 32.4 Å². The van der Waals surface area contributed by atoms with Gasteiger partial charge in [0.05, 0.1) is 24.7 Å². The van der Waals surface area contributed by atoms with Crippen molar-refractivity contribution in [3.63, 3.8) is 0 Å². The van der Waals surface area contributed by atoms with Crippen LogP contribution in [0.3, 0.4) is 0 Å². The summed E-state index contributed by atoms with van der Waals surface area (Å²) in [6.45, 7) is 5.90. The summed E-state index contributed by atoms with van der Waals surface area (Å²) >= 11 is 6.25. The molecule has 0 atom stereocenters. The predicted octanol–water partition coefficient (Wildman–Crippen LogP) is 5.53. The Bertz CT molecular complexity index is 1040. The Morgan fingerprint density at radius 1 is 1.03 bits per heavy atom. The molecule has 0 spiro atoms. The molecule has 6 heteroatoms. The first kappa shape index (κ1) is 21.2. The van der Waals surface area contributed by atoms with Crippen molar-refractivity contribution >= 4 is 17.4 Å². The maximum absolute atomic E-state index is 13.1. The minimum atomic E-state index is -0.672. The lowest BCUT2D eigenvalue weighted by molar-refractivity contribution is 0.0975. The highest BCUT2D eigenvalue weighted by Gasteiger charge is 2.47. The predicted molar refractivity (Wildman–Crippen MR) is 113 cm³/mol. The SMILES string of the molecule is CCC1=C(OC)C(CC)(CC)c2oc(-c3ccc(OC)c(Cl)c3)cc(=O)c2C1=O. The maximum Gasteiger partial charge on any atom is 0.199 e. The first-order chi connectivity index (χ1) is 13.9. The molecule has 0 saturated heterocycles. The highest BCUT2D eigenvalue weighted by molar-refractivity contribution is 6.32. The van der Waals surface area contributed by atoms with Gasteiger partial charge in [0.15, 0.2) is 11.2 Å². The van der Waals surface area contributed by atoms with Gasteiger partial charge < -0.3 is 13.9 Å². The molecule has 3 rings (SSSR count). The van der Waals surface area contributed by atoms with Gasteiger partial charge in [0, 0.05) is 17.2 Å². The average Bonchev–Trinajstić information content (AvgIpc) is 2.73. The largest absolute Gasteiger partial charge is 0.500 e. The monoisotopic (exact) mass is 416 g/mol. The van der Waals surface area contributed by atoms with Crippen LogP contribution in [-0.2, 0) is 10.2 Å². The topological polar surface area (TPSA) is 65.7 Å². The van der Waals surface area contributed by atoms with E-state index in [-0.39, 0.29) is 16.8 Å². The van der Waals surface area contributed by atoms with Crippen LogP contribution in [0.5, 0.6) is 5.75 Å². The molecule has 2 aromatic rings. The molecule has 1 heterocycles. The maximum atomic E-state index is 13.1. The number of halogens is 1. The van der Waals surface area contributed by atoms with Crippen molar-refractivity contribution in [2.24, 2.45) is 0 Å². The summed E-state index contributed by atoms with van der Waals surface area (Å²) in [5.41, 5.74) is 0.249. The normalized spacial score (nSPS) is 15.3. The van der Waals surface area contributed by atoms with Gasteiger partial charge >= 0.3 is 0 Å². The number of ether oxygens (including phenoxy) is 2. The Kier molecular flexibility index (Phi) is 5.90. The number of hydrogen-bond acceptors (Lipinski definition) is 5. The van der Waals surface area contributed by atoms with Gasteiger partial charge in [-0.15, -0.1) is 0 Å². The van der Waals surface area contributed by atoms with E-state index >= 15 is 0 Å². The van der Waals surface area contributed by atoms with Crippen molar-refractivity contribution in [1.29, 1.82) is 0 Å². The van der Waals surface area contributed by atoms with E-state index in [9.17, 15) is 9.59 Å². The number of benzene rings is 1. The Balaban J connectivity index is 2.33. The van der Waals surface area contributed by atoms with E-state index in [4.69, 9.17) is 25.5 Å². The molecule has 5 nitrogen and oxygen atoms in total. The molecule has 0 bridgehead atoms. The van der Waals surface area contributed by atoms with E-state index in [1.54, 1.807) is 25.3 Å². The van der Waals surface area contributed by atoms with Gasteiger partial charge in [0.25, 0.3) is 0 Å². The van der Waals surface area contributed by atoms with E-state index in [0.717, 1.165) is 0 Å². The lowest BCUT2D eigenvalue weighted by Gasteiger charge is -2.37. The first-order valence-corrected chi connectivity index (χ1v) is 10.1. The third-order valence-corrected chi connectivity index (χ3v) is 6.09. The molecule has 1 aromatic carbocycles. The zero-order chi connectivity index (χ0) is 21.3. The van der Waals surface area contributed by atoms with Crippen molar-refractivity contribution in [3.05, 3.63) is 62.2 Å². The van der Waals surface area contributed by atoms with Crippen LogP contribution in [0.25, 0.3) is 11.3 Å². The van der Waals surface area contributed by atoms with Gasteiger partial charge in [-0.3, -0.25) is 9.59 Å². The number of hydrogen-bond donors (Lipinski definition) is 0. The molecule has 154 valence electrons. The zero-order valence-electron chi connectivity index (χ0n) is 17.3. The second-order valence-corrected chi connectivity index (χ2v) is 7.42. The molecule has 0 aliphatic heterocycles. The number of rotatable bonds is 6. The van der Waals surface area contributed by atoms with Crippen molar-refractivity contribution in [3.8, 4) is 17.1 Å². The van der Waals surface area contributed by atoms with Crippen LogP contribution in [0, 0.1) is 0 Å². The van der Waals surface area contributed by atoms with E-state index in [0.29, 0.717) is 58.5 Å². The molecule has 0 N–H and O–H groups in total. The van der Waals surface area contributed by atoms with Gasteiger partial charge in [-0.2, -0.15) is 0 Å². The van der Waals surface area contributed by atoms with E-state index in [2.05, 4.69) is 0 Å². The summed E-state index contributed by atoms with van der Waals surface area (Å²) in [4.78, 5) is 26.2. The minimum Gasteiger partial charge on any atom is -0.500 e. The number of fused-ring (bicyclic) bond motifs is 1. The number of carbonyl (C=O) groups excluding carboxylic acids is 1. The first-order valence-electron chi connectivity index (χ1n) is 9.73. The number of carbonyl (C=O) groups is 1. The van der Waals surface area contributed by atoms with Gasteiger partial charge in [-0.05, 0) is 37.5 Å². The molecular weight excluding hydrogens is 392 g/mol. The van der Waals surface area contributed by atoms with Crippen molar-refractivity contribution in [2.75, 3.05) is 14.2 Å². The number of ketones is 1. The van der Waals surface area contributed by atoms with E-state index in [1.165, 1.54) is 13.2 Å². The number of Topliss-reactive ketones (excluding diaryl/α,β-unsaturated/α-hetero) is 1. The quantitative estimate of drug-likeness (QED) is 0.619. The van der Waals surface area contributed by atoms with Crippen LogP contribution < -0.4 is 10.2 Å². The van der Waals surface area contributed by atoms with Gasteiger partial charge in [-0.25, -0.2) is 0 Å². The van der Waals surface area contributed by atoms with Crippen molar-refractivity contribution in [1.82, 2.24) is 0 Å². The molecule has 1 aliphatic carbocycles. The fourth-order valence-corrected chi connectivity index (χ4v) is 4.44. The third-order valence-electron chi connectivity index (χ3n) is 5.79. The fourth-order valence-electron chi connectivity index (χ4n) is 4.19.